The Hall–Kier alpha value is -0.940. The predicted molar refractivity (Wildman–Crippen MR) is 37.8 cm³/mol. The molecule has 0 amide bonds. The molecule has 0 bridgehead atoms. The summed E-state index contributed by atoms with van der Waals surface area (Å²) in [5.41, 5.74) is 5.61. The fourth-order valence-electron chi connectivity index (χ4n) is 0.720. The summed E-state index contributed by atoms with van der Waals surface area (Å²) in [5, 5.41) is 3.64. The minimum absolute atomic E-state index is 0.294. The van der Waals surface area contributed by atoms with Crippen LogP contribution in [0.5, 0.6) is 0 Å². The number of hydrogen-bond acceptors (Lipinski definition) is 5. The summed E-state index contributed by atoms with van der Waals surface area (Å²) in [7, 11) is 1.58. The van der Waals surface area contributed by atoms with Gasteiger partial charge in [0.1, 0.15) is 0 Å². The second kappa shape index (κ2) is 3.45. The summed E-state index contributed by atoms with van der Waals surface area (Å²) in [6.07, 6.45) is 0. The first-order chi connectivity index (χ1) is 5.24. The van der Waals surface area contributed by atoms with Gasteiger partial charge in [-0.2, -0.15) is 4.98 Å². The van der Waals surface area contributed by atoms with Gasteiger partial charge in [0.25, 0.3) is 0 Å². The van der Waals surface area contributed by atoms with Gasteiger partial charge in [-0.25, -0.2) is 0 Å². The van der Waals surface area contributed by atoms with E-state index in [0.717, 1.165) is 0 Å². The van der Waals surface area contributed by atoms with Gasteiger partial charge in [-0.1, -0.05) is 5.16 Å². The van der Waals surface area contributed by atoms with Gasteiger partial charge in [0, 0.05) is 14.0 Å². The average Bonchev–Trinajstić information content (AvgIpc) is 2.36. The Morgan fingerprint density at radius 2 is 2.45 bits per heavy atom. The zero-order valence-electron chi connectivity index (χ0n) is 6.57. The summed E-state index contributed by atoms with van der Waals surface area (Å²) in [5.74, 6) is 1.01. The van der Waals surface area contributed by atoms with E-state index in [0.29, 0.717) is 18.3 Å². The number of ether oxygens (including phenoxy) is 1. The first-order valence-electron chi connectivity index (χ1n) is 3.28. The molecule has 1 rings (SSSR count). The van der Waals surface area contributed by atoms with E-state index in [4.69, 9.17) is 15.0 Å². The van der Waals surface area contributed by atoms with Crippen LogP contribution in [0.3, 0.4) is 0 Å². The van der Waals surface area contributed by atoms with Gasteiger partial charge in [0.2, 0.25) is 5.89 Å². The fraction of sp³-hybridized carbons (Fsp3) is 0.667. The first-order valence-corrected chi connectivity index (χ1v) is 3.28. The summed E-state index contributed by atoms with van der Waals surface area (Å²) in [6, 6.07) is -0.294. The van der Waals surface area contributed by atoms with Crippen molar-refractivity contribution >= 4 is 0 Å². The summed E-state index contributed by atoms with van der Waals surface area (Å²) in [6.45, 7) is 2.12. The molecule has 0 spiro atoms. The Balaban J connectivity index is 2.60. The van der Waals surface area contributed by atoms with Crippen LogP contribution < -0.4 is 5.73 Å². The molecule has 1 heterocycles. The molecule has 2 N–H and O–H groups in total. The maximum Gasteiger partial charge on any atom is 0.223 e. The molecule has 0 saturated heterocycles. The number of aryl methyl sites for hydroxylation is 1. The largest absolute Gasteiger partial charge is 0.383 e. The van der Waals surface area contributed by atoms with Crippen LogP contribution in [0, 0.1) is 6.92 Å². The molecule has 0 aliphatic carbocycles. The highest BCUT2D eigenvalue weighted by Crippen LogP contribution is 2.04. The lowest BCUT2D eigenvalue weighted by molar-refractivity contribution is 0.177. The van der Waals surface area contributed by atoms with Crippen molar-refractivity contribution in [3.05, 3.63) is 11.7 Å². The van der Waals surface area contributed by atoms with Crippen LogP contribution in [0.4, 0.5) is 0 Å². The van der Waals surface area contributed by atoms with Crippen molar-refractivity contribution < 1.29 is 9.26 Å². The molecule has 0 radical (unpaired) electrons. The van der Waals surface area contributed by atoms with Crippen LogP contribution in [0.1, 0.15) is 17.8 Å². The summed E-state index contributed by atoms with van der Waals surface area (Å²) < 4.78 is 9.56. The normalized spacial score (nSPS) is 13.4. The molecule has 1 atom stereocenters. The van der Waals surface area contributed by atoms with E-state index in [1.54, 1.807) is 14.0 Å². The maximum atomic E-state index is 5.61. The van der Waals surface area contributed by atoms with E-state index < -0.39 is 0 Å². The van der Waals surface area contributed by atoms with Crippen LogP contribution in [-0.4, -0.2) is 23.9 Å². The quantitative estimate of drug-likeness (QED) is 0.669. The topological polar surface area (TPSA) is 74.2 Å². The van der Waals surface area contributed by atoms with E-state index in [1.807, 2.05) is 0 Å². The molecule has 1 aromatic heterocycles. The second-order valence-corrected chi connectivity index (χ2v) is 2.23. The average molecular weight is 157 g/mol. The van der Waals surface area contributed by atoms with Crippen LogP contribution in [0.2, 0.25) is 0 Å². The third-order valence-corrected chi connectivity index (χ3v) is 1.22. The second-order valence-electron chi connectivity index (χ2n) is 2.23. The Bertz CT molecular complexity index is 223. The lowest BCUT2D eigenvalue weighted by Gasteiger charge is -2.02. The van der Waals surface area contributed by atoms with Gasteiger partial charge in [0.05, 0.1) is 12.6 Å². The highest BCUT2D eigenvalue weighted by Gasteiger charge is 2.11. The monoisotopic (exact) mass is 157 g/mol. The lowest BCUT2D eigenvalue weighted by Crippen LogP contribution is -2.17. The summed E-state index contributed by atoms with van der Waals surface area (Å²) in [4.78, 5) is 3.95. The van der Waals surface area contributed by atoms with Crippen LogP contribution in [-0.2, 0) is 4.74 Å². The van der Waals surface area contributed by atoms with E-state index in [1.165, 1.54) is 0 Å². The van der Waals surface area contributed by atoms with Crippen LogP contribution in [0.15, 0.2) is 4.52 Å². The molecular weight excluding hydrogens is 146 g/mol. The zero-order chi connectivity index (χ0) is 8.27. The van der Waals surface area contributed by atoms with Crippen molar-refractivity contribution in [1.82, 2.24) is 10.1 Å². The first kappa shape index (κ1) is 8.16. The third-order valence-electron chi connectivity index (χ3n) is 1.22. The zero-order valence-corrected chi connectivity index (χ0v) is 6.57. The molecule has 0 saturated carbocycles. The van der Waals surface area contributed by atoms with Gasteiger partial charge < -0.3 is 15.0 Å². The maximum absolute atomic E-state index is 5.61. The Kier molecular flexibility index (Phi) is 2.56. The molecule has 5 heteroatoms. The number of hydrogen-bond donors (Lipinski definition) is 1. The number of nitrogens with two attached hydrogens (primary N) is 1. The van der Waals surface area contributed by atoms with Gasteiger partial charge >= 0.3 is 0 Å². The number of nitrogens with zero attached hydrogens (tertiary/aromatic N) is 2. The van der Waals surface area contributed by atoms with E-state index in [2.05, 4.69) is 10.1 Å². The third kappa shape index (κ3) is 1.99. The summed E-state index contributed by atoms with van der Waals surface area (Å²) >= 11 is 0. The molecule has 1 aromatic rings. The van der Waals surface area contributed by atoms with Gasteiger partial charge in [-0.15, -0.1) is 0 Å². The molecule has 11 heavy (non-hydrogen) atoms. The van der Waals surface area contributed by atoms with Crippen LogP contribution in [0.25, 0.3) is 0 Å². The molecule has 0 fully saturated rings. The SMILES string of the molecule is COC[C@@H](N)c1noc(C)n1. The van der Waals surface area contributed by atoms with Crippen molar-refractivity contribution in [3.8, 4) is 0 Å². The highest BCUT2D eigenvalue weighted by molar-refractivity contribution is 4.91. The van der Waals surface area contributed by atoms with Crippen molar-refractivity contribution in [2.24, 2.45) is 5.73 Å². The highest BCUT2D eigenvalue weighted by atomic mass is 16.5. The standard InChI is InChI=1S/C6H11N3O2/c1-4-8-6(9-11-4)5(7)3-10-2/h5H,3,7H2,1-2H3/t5-/m1/s1. The minimum Gasteiger partial charge on any atom is -0.383 e. The van der Waals surface area contributed by atoms with E-state index in [9.17, 15) is 0 Å². The van der Waals surface area contributed by atoms with Crippen molar-refractivity contribution in [3.63, 3.8) is 0 Å². The predicted octanol–water partition coefficient (Wildman–Crippen LogP) is 0.0242. The molecule has 0 aliphatic heterocycles. The molecule has 5 nitrogen and oxygen atoms in total. The van der Waals surface area contributed by atoms with Crippen molar-refractivity contribution in [2.45, 2.75) is 13.0 Å². The number of rotatable bonds is 3. The molecular formula is C6H11N3O2. The molecule has 0 unspecified atom stereocenters. The molecule has 62 valence electrons. The Morgan fingerprint density at radius 3 is 2.91 bits per heavy atom. The molecule has 0 aliphatic rings. The lowest BCUT2D eigenvalue weighted by atomic mass is 10.3. The number of methoxy groups -OCH3 is 1. The van der Waals surface area contributed by atoms with Gasteiger partial charge in [-0.05, 0) is 0 Å². The van der Waals surface area contributed by atoms with Gasteiger partial charge in [-0.3, -0.25) is 0 Å². The van der Waals surface area contributed by atoms with Crippen molar-refractivity contribution in [2.75, 3.05) is 13.7 Å². The molecule has 0 aromatic carbocycles. The minimum atomic E-state index is -0.294. The smallest absolute Gasteiger partial charge is 0.223 e. The van der Waals surface area contributed by atoms with E-state index >= 15 is 0 Å². The van der Waals surface area contributed by atoms with Gasteiger partial charge in [0.15, 0.2) is 5.82 Å². The fourth-order valence-corrected chi connectivity index (χ4v) is 0.720. The Morgan fingerprint density at radius 1 is 1.73 bits per heavy atom. The van der Waals surface area contributed by atoms with Crippen molar-refractivity contribution in [1.29, 1.82) is 0 Å². The Labute approximate surface area is 64.5 Å². The van der Waals surface area contributed by atoms with E-state index in [-0.39, 0.29) is 6.04 Å². The van der Waals surface area contributed by atoms with Crippen LogP contribution >= 0.6 is 0 Å². The number of aromatic nitrogens is 2.